The fourth-order valence-corrected chi connectivity index (χ4v) is 3.24. The molecule has 29 heavy (non-hydrogen) atoms. The van der Waals surface area contributed by atoms with Crippen LogP contribution in [-0.4, -0.2) is 32.9 Å². The Morgan fingerprint density at radius 2 is 1.97 bits per heavy atom. The largest absolute Gasteiger partial charge is 0.507 e. The number of rotatable bonds is 5. The third kappa shape index (κ3) is 3.61. The first-order valence-corrected chi connectivity index (χ1v) is 9.67. The first-order valence-electron chi connectivity index (χ1n) is 9.67. The van der Waals surface area contributed by atoms with Gasteiger partial charge in [0.05, 0.1) is 17.7 Å². The van der Waals surface area contributed by atoms with E-state index in [-0.39, 0.29) is 29.5 Å². The molecule has 0 saturated heterocycles. The molecule has 1 aromatic carbocycles. The molecule has 0 unspecified atom stereocenters. The fraction of sp³-hybridized carbons (Fsp3) is 0.286. The van der Waals surface area contributed by atoms with E-state index < -0.39 is 0 Å². The molecule has 0 bridgehead atoms. The van der Waals surface area contributed by atoms with Gasteiger partial charge in [0.25, 0.3) is 5.91 Å². The van der Waals surface area contributed by atoms with Crippen LogP contribution in [0.3, 0.4) is 0 Å². The van der Waals surface area contributed by atoms with E-state index in [4.69, 9.17) is 4.42 Å². The van der Waals surface area contributed by atoms with E-state index in [1.54, 1.807) is 24.3 Å². The quantitative estimate of drug-likeness (QED) is 0.574. The predicted molar refractivity (Wildman–Crippen MR) is 105 cm³/mol. The summed E-state index contributed by atoms with van der Waals surface area (Å²) in [5.41, 5.74) is 2.28. The second-order valence-corrected chi connectivity index (χ2v) is 7.53. The molecule has 0 atom stereocenters. The number of hydrogen-bond donors (Lipinski definition) is 3. The molecule has 3 N–H and O–H groups in total. The van der Waals surface area contributed by atoms with Crippen molar-refractivity contribution in [1.29, 1.82) is 0 Å². The molecule has 0 radical (unpaired) electrons. The minimum Gasteiger partial charge on any atom is -0.507 e. The second kappa shape index (κ2) is 6.80. The summed E-state index contributed by atoms with van der Waals surface area (Å²) in [4.78, 5) is 24.8. The van der Waals surface area contributed by atoms with E-state index >= 15 is 0 Å². The van der Waals surface area contributed by atoms with Gasteiger partial charge in [-0.1, -0.05) is 0 Å². The van der Waals surface area contributed by atoms with Crippen LogP contribution in [0.25, 0.3) is 11.3 Å². The molecule has 2 heterocycles. The molecule has 8 heteroatoms. The smallest absolute Gasteiger partial charge is 0.342 e. The third-order valence-electron chi connectivity index (χ3n) is 5.11. The van der Waals surface area contributed by atoms with Gasteiger partial charge in [0.2, 0.25) is 0 Å². The number of carbonyl (C=O) groups excluding carboxylic acids is 2. The number of benzene rings is 1. The van der Waals surface area contributed by atoms with Crippen molar-refractivity contribution in [1.82, 2.24) is 15.1 Å². The zero-order chi connectivity index (χ0) is 20.0. The van der Waals surface area contributed by atoms with Gasteiger partial charge in [-0.15, -0.1) is 0 Å². The van der Waals surface area contributed by atoms with Gasteiger partial charge in [-0.3, -0.25) is 4.79 Å². The molecule has 2 aliphatic carbocycles. The highest BCUT2D eigenvalue weighted by atomic mass is 16.3. The van der Waals surface area contributed by atoms with Crippen LogP contribution in [0.2, 0.25) is 0 Å². The number of furan rings is 1. The highest BCUT2D eigenvalue weighted by molar-refractivity contribution is 6.02. The van der Waals surface area contributed by atoms with E-state index in [0.29, 0.717) is 22.9 Å². The molecule has 5 rings (SSSR count). The first kappa shape index (κ1) is 17.5. The van der Waals surface area contributed by atoms with Gasteiger partial charge in [-0.25, -0.2) is 4.79 Å². The van der Waals surface area contributed by atoms with Crippen molar-refractivity contribution < 1.29 is 19.1 Å². The number of hydrogen-bond acceptors (Lipinski definition) is 5. The summed E-state index contributed by atoms with van der Waals surface area (Å²) in [5.74, 6) is 0.136. The lowest BCUT2D eigenvalue weighted by atomic mass is 10.1. The number of aromatic nitrogens is 2. The average Bonchev–Trinajstić information content (AvgIpc) is 3.62. The molecule has 0 spiro atoms. The summed E-state index contributed by atoms with van der Waals surface area (Å²) in [7, 11) is 0. The Morgan fingerprint density at radius 3 is 2.66 bits per heavy atom. The van der Waals surface area contributed by atoms with E-state index in [2.05, 4.69) is 15.7 Å². The number of nitrogens with one attached hydrogen (secondary N) is 2. The van der Waals surface area contributed by atoms with Crippen molar-refractivity contribution in [3.05, 3.63) is 54.1 Å². The van der Waals surface area contributed by atoms with E-state index in [1.165, 1.54) is 17.0 Å². The first-order chi connectivity index (χ1) is 14.1. The second-order valence-electron chi connectivity index (χ2n) is 7.53. The topological polar surface area (TPSA) is 109 Å². The lowest BCUT2D eigenvalue weighted by molar-refractivity contribution is 0.0996. The summed E-state index contributed by atoms with van der Waals surface area (Å²) >= 11 is 0. The number of amides is 2. The van der Waals surface area contributed by atoms with Crippen molar-refractivity contribution in [2.45, 2.75) is 37.6 Å². The van der Waals surface area contributed by atoms with Crippen LogP contribution in [0.1, 0.15) is 47.8 Å². The zero-order valence-electron chi connectivity index (χ0n) is 15.6. The van der Waals surface area contributed by atoms with Crippen molar-refractivity contribution in [2.75, 3.05) is 5.32 Å². The molecule has 2 aromatic heterocycles. The number of phenols is 1. The molecule has 2 saturated carbocycles. The van der Waals surface area contributed by atoms with Crippen molar-refractivity contribution >= 4 is 17.6 Å². The average molecular weight is 392 g/mol. The Bertz CT molecular complexity index is 1080. The Labute approximate surface area is 166 Å². The van der Waals surface area contributed by atoms with Crippen LogP contribution < -0.4 is 10.6 Å². The SMILES string of the molecule is O=C(Nc1ccc(O)c(-c2cc(C3CC3)n(C(=O)NC3CC3)n2)c1)c1ccco1. The molecule has 0 aliphatic heterocycles. The van der Waals surface area contributed by atoms with Crippen LogP contribution in [-0.2, 0) is 0 Å². The maximum absolute atomic E-state index is 12.6. The maximum Gasteiger partial charge on any atom is 0.342 e. The minimum absolute atomic E-state index is 0.0237. The molecular formula is C21H20N4O4. The molecule has 2 amide bonds. The van der Waals surface area contributed by atoms with Crippen LogP contribution in [0.5, 0.6) is 5.75 Å². The Hall–Kier alpha value is -3.55. The van der Waals surface area contributed by atoms with Crippen LogP contribution in [0.4, 0.5) is 10.5 Å². The van der Waals surface area contributed by atoms with Gasteiger partial charge >= 0.3 is 6.03 Å². The summed E-state index contributed by atoms with van der Waals surface area (Å²) < 4.78 is 6.52. The molecule has 3 aromatic rings. The van der Waals surface area contributed by atoms with E-state index in [9.17, 15) is 14.7 Å². The number of anilines is 1. The summed E-state index contributed by atoms with van der Waals surface area (Å²) in [6.45, 7) is 0. The van der Waals surface area contributed by atoms with Gasteiger partial charge in [-0.2, -0.15) is 9.78 Å². The fourth-order valence-electron chi connectivity index (χ4n) is 3.24. The van der Waals surface area contributed by atoms with Crippen LogP contribution in [0, 0.1) is 0 Å². The van der Waals surface area contributed by atoms with Gasteiger partial charge < -0.3 is 20.2 Å². The zero-order valence-corrected chi connectivity index (χ0v) is 15.6. The van der Waals surface area contributed by atoms with Crippen molar-refractivity contribution in [3.8, 4) is 17.0 Å². The standard InChI is InChI=1S/C21H20N4O4/c26-18-8-7-14(22-20(27)19-2-1-9-29-19)10-15(18)16-11-17(12-3-4-12)25(24-16)21(28)23-13-5-6-13/h1-2,7-13,26H,3-6H2,(H,22,27)(H,23,28). The van der Waals surface area contributed by atoms with Gasteiger partial charge in [-0.05, 0) is 62.1 Å². The molecule has 2 aliphatic rings. The van der Waals surface area contributed by atoms with Crippen molar-refractivity contribution in [2.24, 2.45) is 0 Å². The Kier molecular flexibility index (Phi) is 4.12. The number of carbonyl (C=O) groups is 2. The van der Waals surface area contributed by atoms with E-state index in [0.717, 1.165) is 31.4 Å². The van der Waals surface area contributed by atoms with E-state index in [1.807, 2.05) is 6.07 Å². The highest BCUT2D eigenvalue weighted by Crippen LogP contribution is 2.42. The lowest BCUT2D eigenvalue weighted by Gasteiger charge is -2.07. The molecule has 2 fully saturated rings. The van der Waals surface area contributed by atoms with Gasteiger partial charge in [0.1, 0.15) is 5.75 Å². The molecule has 8 nitrogen and oxygen atoms in total. The van der Waals surface area contributed by atoms with Gasteiger partial charge in [0.15, 0.2) is 5.76 Å². The van der Waals surface area contributed by atoms with Crippen molar-refractivity contribution in [3.63, 3.8) is 0 Å². The summed E-state index contributed by atoms with van der Waals surface area (Å²) in [6.07, 6.45) is 5.46. The molecule has 148 valence electrons. The number of aromatic hydroxyl groups is 1. The summed E-state index contributed by atoms with van der Waals surface area (Å²) in [6, 6.07) is 9.77. The maximum atomic E-state index is 12.6. The normalized spacial score (nSPS) is 15.9. The molecular weight excluding hydrogens is 372 g/mol. The summed E-state index contributed by atoms with van der Waals surface area (Å²) in [5, 5.41) is 20.5. The van der Waals surface area contributed by atoms with Gasteiger partial charge in [0, 0.05) is 23.2 Å². The Balaban J connectivity index is 1.45. The monoisotopic (exact) mass is 392 g/mol. The third-order valence-corrected chi connectivity index (χ3v) is 5.11. The van der Waals surface area contributed by atoms with Crippen LogP contribution >= 0.6 is 0 Å². The highest BCUT2D eigenvalue weighted by Gasteiger charge is 2.32. The predicted octanol–water partition coefficient (Wildman–Crippen LogP) is 3.70. The number of nitrogens with zero attached hydrogens (tertiary/aromatic N) is 2. The van der Waals surface area contributed by atoms with Crippen LogP contribution in [0.15, 0.2) is 47.1 Å². The minimum atomic E-state index is -0.389. The Morgan fingerprint density at radius 1 is 1.14 bits per heavy atom. The number of phenolic OH excluding ortho intramolecular Hbond substituents is 1. The lowest BCUT2D eigenvalue weighted by Crippen LogP contribution is -2.32.